The molecule has 0 fully saturated rings. The van der Waals surface area contributed by atoms with E-state index in [4.69, 9.17) is 14.9 Å². The second-order valence-electron chi connectivity index (χ2n) is 3.85. The third-order valence-corrected chi connectivity index (χ3v) is 2.52. The molecule has 1 aromatic carbocycles. The van der Waals surface area contributed by atoms with Crippen molar-refractivity contribution in [3.63, 3.8) is 0 Å². The third-order valence-electron chi connectivity index (χ3n) is 2.52. The van der Waals surface area contributed by atoms with E-state index in [1.165, 1.54) is 6.07 Å². The largest absolute Gasteiger partial charge is 0.462 e. The highest BCUT2D eigenvalue weighted by atomic mass is 19.1. The summed E-state index contributed by atoms with van der Waals surface area (Å²) in [6.07, 6.45) is 0. The molecule has 0 amide bonds. The van der Waals surface area contributed by atoms with Crippen molar-refractivity contribution in [3.05, 3.63) is 30.1 Å². The van der Waals surface area contributed by atoms with Crippen LogP contribution in [0.25, 0.3) is 0 Å². The summed E-state index contributed by atoms with van der Waals surface area (Å²) in [7, 11) is 0. The van der Waals surface area contributed by atoms with Crippen molar-refractivity contribution in [2.75, 3.05) is 25.1 Å². The van der Waals surface area contributed by atoms with Gasteiger partial charge in [0.25, 0.3) is 6.02 Å². The summed E-state index contributed by atoms with van der Waals surface area (Å²) in [6.45, 7) is -0.589. The Bertz CT molecular complexity index is 432. The molecule has 0 atom stereocenters. The zero-order valence-corrected chi connectivity index (χ0v) is 9.06. The first-order chi connectivity index (χ1) is 8.19. The average molecular weight is 240 g/mol. The van der Waals surface area contributed by atoms with Crippen LogP contribution in [-0.4, -0.2) is 41.6 Å². The average Bonchev–Trinajstić information content (AvgIpc) is 2.76. The molecule has 1 aliphatic heterocycles. The Morgan fingerprint density at radius 2 is 2.06 bits per heavy atom. The molecule has 1 aliphatic rings. The number of nitrogens with one attached hydrogen (secondary N) is 1. The van der Waals surface area contributed by atoms with Crippen LogP contribution in [0.1, 0.15) is 0 Å². The highest BCUT2D eigenvalue weighted by molar-refractivity contribution is 5.90. The first-order valence-electron chi connectivity index (χ1n) is 5.15. The van der Waals surface area contributed by atoms with Crippen molar-refractivity contribution in [2.24, 2.45) is 4.99 Å². The molecular weight excluding hydrogens is 227 g/mol. The van der Waals surface area contributed by atoms with Crippen LogP contribution < -0.4 is 5.32 Å². The van der Waals surface area contributed by atoms with E-state index in [0.29, 0.717) is 0 Å². The Morgan fingerprint density at radius 1 is 1.35 bits per heavy atom. The van der Waals surface area contributed by atoms with Crippen molar-refractivity contribution < 1.29 is 19.3 Å². The Hall–Kier alpha value is -1.66. The van der Waals surface area contributed by atoms with Gasteiger partial charge in [0.15, 0.2) is 0 Å². The summed E-state index contributed by atoms with van der Waals surface area (Å²) < 4.78 is 18.5. The predicted octanol–water partition coefficient (Wildman–Crippen LogP) is 0.347. The van der Waals surface area contributed by atoms with Crippen molar-refractivity contribution >= 4 is 11.7 Å². The fraction of sp³-hybridized carbons (Fsp3) is 0.364. The maximum Gasteiger partial charge on any atom is 0.290 e. The number of benzene rings is 1. The molecular formula is C11H13FN2O3. The summed E-state index contributed by atoms with van der Waals surface area (Å²) >= 11 is 0. The molecule has 17 heavy (non-hydrogen) atoms. The highest BCUT2D eigenvalue weighted by Gasteiger charge is 2.35. The number of nitrogens with zero attached hydrogens (tertiary/aromatic N) is 1. The van der Waals surface area contributed by atoms with E-state index >= 15 is 0 Å². The first-order valence-corrected chi connectivity index (χ1v) is 5.15. The van der Waals surface area contributed by atoms with Crippen LogP contribution in [0.15, 0.2) is 29.3 Å². The molecule has 1 heterocycles. The maximum atomic E-state index is 13.3. The minimum Gasteiger partial charge on any atom is -0.462 e. The van der Waals surface area contributed by atoms with Gasteiger partial charge >= 0.3 is 0 Å². The second-order valence-corrected chi connectivity index (χ2v) is 3.85. The van der Waals surface area contributed by atoms with Gasteiger partial charge in [-0.05, 0) is 12.1 Å². The summed E-state index contributed by atoms with van der Waals surface area (Å²) in [6, 6.07) is 6.19. The number of para-hydroxylation sites is 1. The van der Waals surface area contributed by atoms with E-state index in [0.717, 1.165) is 0 Å². The smallest absolute Gasteiger partial charge is 0.290 e. The quantitative estimate of drug-likeness (QED) is 0.712. The minimum absolute atomic E-state index is 0.0663. The van der Waals surface area contributed by atoms with Gasteiger partial charge in [-0.25, -0.2) is 9.38 Å². The number of anilines is 1. The van der Waals surface area contributed by atoms with Gasteiger partial charge in [-0.2, -0.15) is 0 Å². The molecule has 0 unspecified atom stereocenters. The molecule has 3 N–H and O–H groups in total. The van der Waals surface area contributed by atoms with Gasteiger partial charge in [0.1, 0.15) is 18.0 Å². The van der Waals surface area contributed by atoms with Crippen LogP contribution in [0.2, 0.25) is 0 Å². The van der Waals surface area contributed by atoms with Crippen molar-refractivity contribution in [1.29, 1.82) is 0 Å². The normalized spacial score (nSPS) is 17.5. The van der Waals surface area contributed by atoms with Crippen LogP contribution in [0, 0.1) is 5.82 Å². The number of halogens is 1. The van der Waals surface area contributed by atoms with E-state index in [2.05, 4.69) is 10.3 Å². The van der Waals surface area contributed by atoms with Gasteiger partial charge in [0, 0.05) is 0 Å². The molecule has 0 bridgehead atoms. The van der Waals surface area contributed by atoms with E-state index in [1.807, 2.05) is 0 Å². The fourth-order valence-corrected chi connectivity index (χ4v) is 1.44. The Labute approximate surface area is 97.6 Å². The second kappa shape index (κ2) is 4.68. The molecule has 0 spiro atoms. The molecule has 0 saturated heterocycles. The van der Waals surface area contributed by atoms with Gasteiger partial charge in [-0.3, -0.25) is 0 Å². The number of hydrogen-bond donors (Lipinski definition) is 3. The standard InChI is InChI=1S/C11H13FN2O3/c12-8-3-1-2-4-9(8)13-10-14-11(5-15,6-16)7-17-10/h1-4,15-16H,5-7H2,(H,13,14). The van der Waals surface area contributed by atoms with Crippen molar-refractivity contribution in [1.82, 2.24) is 0 Å². The number of aliphatic imine (C=N–C) groups is 1. The van der Waals surface area contributed by atoms with E-state index in [9.17, 15) is 4.39 Å². The molecule has 92 valence electrons. The minimum atomic E-state index is -1.03. The lowest BCUT2D eigenvalue weighted by atomic mass is 10.1. The van der Waals surface area contributed by atoms with E-state index in [-0.39, 0.29) is 31.5 Å². The molecule has 0 radical (unpaired) electrons. The summed E-state index contributed by atoms with van der Waals surface area (Å²) in [5.41, 5.74) is -0.800. The molecule has 5 nitrogen and oxygen atoms in total. The molecule has 6 heteroatoms. The van der Waals surface area contributed by atoms with Crippen molar-refractivity contribution in [3.8, 4) is 0 Å². The number of aliphatic hydroxyl groups is 2. The predicted molar refractivity (Wildman–Crippen MR) is 60.3 cm³/mol. The van der Waals surface area contributed by atoms with E-state index < -0.39 is 11.4 Å². The SMILES string of the molecule is OCC1(CO)COC(Nc2ccccc2F)=N1. The lowest BCUT2D eigenvalue weighted by molar-refractivity contribution is 0.0976. The highest BCUT2D eigenvalue weighted by Crippen LogP contribution is 2.20. The molecule has 2 rings (SSSR count). The Morgan fingerprint density at radius 3 is 2.65 bits per heavy atom. The zero-order chi connectivity index (χ0) is 12.3. The van der Waals surface area contributed by atoms with Crippen LogP contribution in [0.4, 0.5) is 10.1 Å². The summed E-state index contributed by atoms with van der Waals surface area (Å²) in [4.78, 5) is 4.01. The third kappa shape index (κ3) is 2.37. The molecule has 0 saturated carbocycles. The van der Waals surface area contributed by atoms with Crippen LogP contribution in [0.5, 0.6) is 0 Å². The number of rotatable bonds is 3. The van der Waals surface area contributed by atoms with Gasteiger partial charge in [-0.15, -0.1) is 0 Å². The van der Waals surface area contributed by atoms with Gasteiger partial charge in [-0.1, -0.05) is 12.1 Å². The van der Waals surface area contributed by atoms with E-state index in [1.54, 1.807) is 18.2 Å². The van der Waals surface area contributed by atoms with Gasteiger partial charge < -0.3 is 20.3 Å². The topological polar surface area (TPSA) is 74.1 Å². The number of hydrogen-bond acceptors (Lipinski definition) is 5. The first kappa shape index (κ1) is 11.8. The van der Waals surface area contributed by atoms with Crippen LogP contribution in [-0.2, 0) is 4.74 Å². The lowest BCUT2D eigenvalue weighted by Crippen LogP contribution is -2.37. The van der Waals surface area contributed by atoms with Gasteiger partial charge in [0.05, 0.1) is 18.9 Å². The van der Waals surface area contributed by atoms with Crippen molar-refractivity contribution in [2.45, 2.75) is 5.54 Å². The number of aliphatic hydroxyl groups excluding tert-OH is 2. The van der Waals surface area contributed by atoms with Gasteiger partial charge in [0.2, 0.25) is 0 Å². The fourth-order valence-electron chi connectivity index (χ4n) is 1.44. The Kier molecular flexibility index (Phi) is 3.26. The molecule has 1 aromatic rings. The molecule has 0 aromatic heterocycles. The molecule has 0 aliphatic carbocycles. The lowest BCUT2D eigenvalue weighted by Gasteiger charge is -2.16. The number of amidine groups is 1. The summed E-state index contributed by atoms with van der Waals surface area (Å²) in [5.74, 6) is -0.427. The Balaban J connectivity index is 2.14. The van der Waals surface area contributed by atoms with Crippen LogP contribution >= 0.6 is 0 Å². The summed E-state index contributed by atoms with van der Waals surface area (Å²) in [5, 5.41) is 20.9. The number of ether oxygens (including phenoxy) is 1. The zero-order valence-electron chi connectivity index (χ0n) is 9.06. The maximum absolute atomic E-state index is 13.3. The van der Waals surface area contributed by atoms with Crippen LogP contribution in [0.3, 0.4) is 0 Å². The monoisotopic (exact) mass is 240 g/mol.